The second-order valence-electron chi connectivity index (χ2n) is 5.37. The van der Waals surface area contributed by atoms with Crippen LogP contribution < -0.4 is 4.72 Å². The Morgan fingerprint density at radius 1 is 1.47 bits per heavy atom. The van der Waals surface area contributed by atoms with Gasteiger partial charge < -0.3 is 9.52 Å². The molecule has 1 aliphatic rings. The van der Waals surface area contributed by atoms with Crippen molar-refractivity contribution in [2.24, 2.45) is 5.41 Å². The first-order valence-corrected chi connectivity index (χ1v) is 8.10. The summed E-state index contributed by atoms with van der Waals surface area (Å²) in [5.41, 5.74) is 0.166. The van der Waals surface area contributed by atoms with Gasteiger partial charge >= 0.3 is 0 Å². The van der Waals surface area contributed by atoms with Crippen molar-refractivity contribution >= 4 is 10.0 Å². The molecule has 0 saturated heterocycles. The van der Waals surface area contributed by atoms with Gasteiger partial charge in [0.15, 0.2) is 0 Å². The van der Waals surface area contributed by atoms with Crippen molar-refractivity contribution in [1.29, 1.82) is 0 Å². The molecule has 5 nitrogen and oxygen atoms in total. The Labute approximate surface area is 114 Å². The second kappa shape index (κ2) is 5.26. The molecule has 0 amide bonds. The van der Waals surface area contributed by atoms with Gasteiger partial charge in [-0.2, -0.15) is 0 Å². The van der Waals surface area contributed by atoms with Crippen molar-refractivity contribution in [3.8, 4) is 0 Å². The highest BCUT2D eigenvalue weighted by Crippen LogP contribution is 2.49. The summed E-state index contributed by atoms with van der Waals surface area (Å²) in [6.07, 6.45) is 4.31. The Bertz CT molecular complexity index is 543. The fourth-order valence-corrected chi connectivity index (χ4v) is 3.78. The lowest BCUT2D eigenvalue weighted by Gasteiger charge is -2.14. The largest absolute Gasteiger partial charge is 0.462 e. The summed E-state index contributed by atoms with van der Waals surface area (Å²) < 4.78 is 32.3. The van der Waals surface area contributed by atoms with Crippen LogP contribution in [0.3, 0.4) is 0 Å². The molecular weight excluding hydrogens is 266 g/mol. The summed E-state index contributed by atoms with van der Waals surface area (Å²) >= 11 is 0. The number of furan rings is 1. The van der Waals surface area contributed by atoms with Crippen LogP contribution >= 0.6 is 0 Å². The van der Waals surface area contributed by atoms with E-state index in [-0.39, 0.29) is 22.7 Å². The summed E-state index contributed by atoms with van der Waals surface area (Å²) in [6.45, 7) is 3.90. The molecule has 0 unspecified atom stereocenters. The van der Waals surface area contributed by atoms with E-state index in [4.69, 9.17) is 9.52 Å². The van der Waals surface area contributed by atoms with E-state index in [0.717, 1.165) is 25.7 Å². The predicted octanol–water partition coefficient (Wildman–Crippen LogP) is 1.94. The van der Waals surface area contributed by atoms with Crippen LogP contribution in [0, 0.1) is 12.3 Å². The summed E-state index contributed by atoms with van der Waals surface area (Å²) in [4.78, 5) is 0.129. The van der Waals surface area contributed by atoms with Crippen molar-refractivity contribution in [2.75, 3.05) is 6.54 Å². The Morgan fingerprint density at radius 3 is 2.63 bits per heavy atom. The van der Waals surface area contributed by atoms with Gasteiger partial charge in [0.2, 0.25) is 10.0 Å². The number of nitrogens with one attached hydrogen (secondary N) is 1. The topological polar surface area (TPSA) is 79.5 Å². The summed E-state index contributed by atoms with van der Waals surface area (Å²) in [5, 5.41) is 8.97. The minimum absolute atomic E-state index is 0.129. The number of sulfonamides is 1. The first-order chi connectivity index (χ1) is 8.92. The first-order valence-electron chi connectivity index (χ1n) is 6.62. The van der Waals surface area contributed by atoms with Crippen molar-refractivity contribution in [3.63, 3.8) is 0 Å². The zero-order valence-corrected chi connectivity index (χ0v) is 12.2. The van der Waals surface area contributed by atoms with Gasteiger partial charge in [0.25, 0.3) is 0 Å². The molecule has 2 N–H and O–H groups in total. The Balaban J connectivity index is 2.08. The van der Waals surface area contributed by atoms with Crippen molar-refractivity contribution in [2.45, 2.75) is 51.0 Å². The predicted molar refractivity (Wildman–Crippen MR) is 71.1 cm³/mol. The maximum Gasteiger partial charge on any atom is 0.244 e. The molecule has 0 aliphatic heterocycles. The van der Waals surface area contributed by atoms with E-state index in [1.807, 2.05) is 0 Å². The summed E-state index contributed by atoms with van der Waals surface area (Å²) in [5.74, 6) is 0.587. The van der Waals surface area contributed by atoms with E-state index in [2.05, 4.69) is 11.6 Å². The van der Waals surface area contributed by atoms with Crippen LogP contribution in [-0.2, 0) is 16.6 Å². The summed E-state index contributed by atoms with van der Waals surface area (Å²) in [7, 11) is -3.55. The number of aliphatic hydroxyl groups is 1. The van der Waals surface area contributed by atoms with E-state index in [9.17, 15) is 8.42 Å². The fourth-order valence-electron chi connectivity index (χ4n) is 2.42. The molecule has 19 heavy (non-hydrogen) atoms. The van der Waals surface area contributed by atoms with Crippen molar-refractivity contribution in [3.05, 3.63) is 17.6 Å². The number of aryl methyl sites for hydroxylation is 1. The molecule has 1 saturated carbocycles. The molecule has 1 aromatic rings. The molecule has 1 fully saturated rings. The van der Waals surface area contributed by atoms with Gasteiger partial charge in [0.05, 0.1) is 0 Å². The van der Waals surface area contributed by atoms with Crippen LogP contribution in [0.1, 0.15) is 44.1 Å². The molecule has 6 heteroatoms. The number of hydrogen-bond donors (Lipinski definition) is 2. The normalized spacial score (nSPS) is 17.6. The third-order valence-electron chi connectivity index (χ3n) is 3.74. The fraction of sp³-hybridized carbons (Fsp3) is 0.692. The lowest BCUT2D eigenvalue weighted by atomic mass is 10.0. The second-order valence-corrected chi connectivity index (χ2v) is 7.10. The molecule has 1 aliphatic carbocycles. The first kappa shape index (κ1) is 14.6. The summed E-state index contributed by atoms with van der Waals surface area (Å²) in [6, 6.07) is 1.39. The third-order valence-corrected chi connectivity index (χ3v) is 5.25. The minimum Gasteiger partial charge on any atom is -0.462 e. The Kier molecular flexibility index (Phi) is 4.03. The van der Waals surface area contributed by atoms with E-state index >= 15 is 0 Å². The maximum absolute atomic E-state index is 12.2. The average Bonchev–Trinajstić information content (AvgIpc) is 3.01. The molecular formula is C13H21NO4S. The van der Waals surface area contributed by atoms with Crippen LogP contribution in [0.25, 0.3) is 0 Å². The molecule has 108 valence electrons. The van der Waals surface area contributed by atoms with Crippen LogP contribution in [0.4, 0.5) is 0 Å². The van der Waals surface area contributed by atoms with E-state index < -0.39 is 10.0 Å². The van der Waals surface area contributed by atoms with E-state index in [1.165, 1.54) is 6.07 Å². The van der Waals surface area contributed by atoms with Gasteiger partial charge in [0.1, 0.15) is 23.0 Å². The lowest BCUT2D eigenvalue weighted by molar-refractivity contribution is 0.244. The minimum atomic E-state index is -3.55. The Morgan fingerprint density at radius 2 is 2.16 bits per heavy atom. The smallest absolute Gasteiger partial charge is 0.244 e. The average molecular weight is 287 g/mol. The van der Waals surface area contributed by atoms with Gasteiger partial charge in [-0.1, -0.05) is 13.3 Å². The van der Waals surface area contributed by atoms with E-state index in [0.29, 0.717) is 12.3 Å². The van der Waals surface area contributed by atoms with Crippen LogP contribution in [0.2, 0.25) is 0 Å². The third kappa shape index (κ3) is 3.19. The number of aliphatic hydroxyl groups excluding tert-OH is 1. The molecule has 0 aromatic carbocycles. The zero-order valence-electron chi connectivity index (χ0n) is 11.4. The Hall–Kier alpha value is -0.850. The highest BCUT2D eigenvalue weighted by molar-refractivity contribution is 7.89. The quantitative estimate of drug-likeness (QED) is 0.803. The van der Waals surface area contributed by atoms with Crippen LogP contribution in [0.5, 0.6) is 0 Å². The number of hydrogen-bond acceptors (Lipinski definition) is 4. The highest BCUT2D eigenvalue weighted by atomic mass is 32.2. The zero-order chi connectivity index (χ0) is 14.1. The molecule has 0 bridgehead atoms. The molecule has 0 radical (unpaired) electrons. The van der Waals surface area contributed by atoms with Gasteiger partial charge in [-0.3, -0.25) is 0 Å². The van der Waals surface area contributed by atoms with Gasteiger partial charge in [-0.05, 0) is 31.6 Å². The molecule has 0 atom stereocenters. The van der Waals surface area contributed by atoms with Crippen LogP contribution in [0.15, 0.2) is 15.4 Å². The SMILES string of the molecule is CCCC1(CNS(=O)(=O)c2cc(CO)oc2C)CC1. The maximum atomic E-state index is 12.2. The van der Waals surface area contributed by atoms with E-state index in [1.54, 1.807) is 6.92 Å². The molecule has 1 aromatic heterocycles. The molecule has 2 rings (SSSR count). The van der Waals surface area contributed by atoms with Gasteiger partial charge in [-0.15, -0.1) is 0 Å². The molecule has 1 heterocycles. The van der Waals surface area contributed by atoms with Crippen LogP contribution in [-0.4, -0.2) is 20.1 Å². The standard InChI is InChI=1S/C13H21NO4S/c1-3-4-13(5-6-13)9-14-19(16,17)12-7-11(8-15)18-10(12)2/h7,14-15H,3-6,8-9H2,1-2H3. The highest BCUT2D eigenvalue weighted by Gasteiger charge is 2.42. The molecule has 0 spiro atoms. The number of rotatable bonds is 7. The van der Waals surface area contributed by atoms with Crippen molar-refractivity contribution < 1.29 is 17.9 Å². The van der Waals surface area contributed by atoms with Crippen molar-refractivity contribution in [1.82, 2.24) is 4.72 Å². The lowest BCUT2D eigenvalue weighted by Crippen LogP contribution is -2.30. The van der Waals surface area contributed by atoms with Gasteiger partial charge in [0, 0.05) is 12.6 Å². The monoisotopic (exact) mass is 287 g/mol. The van der Waals surface area contributed by atoms with Gasteiger partial charge in [-0.25, -0.2) is 13.1 Å².